The van der Waals surface area contributed by atoms with E-state index < -0.39 is 23.5 Å². The molecule has 0 aliphatic heterocycles. The van der Waals surface area contributed by atoms with E-state index in [1.165, 1.54) is 12.1 Å². The van der Waals surface area contributed by atoms with Crippen LogP contribution in [0.25, 0.3) is 0 Å². The number of hydrogen-bond acceptors (Lipinski definition) is 3. The fourth-order valence-electron chi connectivity index (χ4n) is 4.87. The summed E-state index contributed by atoms with van der Waals surface area (Å²) in [6, 6.07) is 28.0. The number of benzene rings is 4. The van der Waals surface area contributed by atoms with Gasteiger partial charge in [-0.25, -0.2) is 4.39 Å². The highest BCUT2D eigenvalue weighted by Crippen LogP contribution is 2.33. The number of amides is 1. The van der Waals surface area contributed by atoms with Crippen molar-refractivity contribution in [2.75, 3.05) is 19.7 Å². The van der Waals surface area contributed by atoms with Gasteiger partial charge in [0.2, 0.25) is 5.91 Å². The zero-order valence-electron chi connectivity index (χ0n) is 22.8. The molecule has 4 nitrogen and oxygen atoms in total. The van der Waals surface area contributed by atoms with Crippen molar-refractivity contribution in [1.82, 2.24) is 4.90 Å². The smallest absolute Gasteiger partial charge is 0.419 e. The average molecular weight is 599 g/mol. The monoisotopic (exact) mass is 598 g/mol. The van der Waals surface area contributed by atoms with Crippen LogP contribution in [-0.2, 0) is 23.9 Å². The summed E-state index contributed by atoms with van der Waals surface area (Å²) in [5.74, 6) is -1.40. The van der Waals surface area contributed by atoms with Gasteiger partial charge in [0.25, 0.3) is 0 Å². The van der Waals surface area contributed by atoms with E-state index in [0.29, 0.717) is 35.8 Å². The highest BCUT2D eigenvalue weighted by Gasteiger charge is 2.35. The number of carbonyl (C=O) groups excluding carboxylic acids is 1. The van der Waals surface area contributed by atoms with Gasteiger partial charge < -0.3 is 10.5 Å². The number of alkyl halides is 3. The number of halogens is 5. The molecule has 4 aromatic carbocycles. The molecule has 220 valence electrons. The molecule has 0 spiro atoms. The van der Waals surface area contributed by atoms with Crippen LogP contribution in [0.2, 0.25) is 5.02 Å². The zero-order valence-corrected chi connectivity index (χ0v) is 23.5. The molecule has 0 aromatic heterocycles. The number of ether oxygens (including phenoxy) is 1. The second-order valence-corrected chi connectivity index (χ2v) is 10.4. The van der Waals surface area contributed by atoms with E-state index in [0.717, 1.165) is 17.2 Å². The van der Waals surface area contributed by atoms with Crippen LogP contribution in [0.5, 0.6) is 5.75 Å². The predicted molar refractivity (Wildman–Crippen MR) is 156 cm³/mol. The fraction of sp³-hybridized carbons (Fsp3) is 0.242. The number of rotatable bonds is 13. The minimum Gasteiger partial charge on any atom is -0.492 e. The normalized spacial score (nSPS) is 11.7. The Kier molecular flexibility index (Phi) is 10.6. The fourth-order valence-corrected chi connectivity index (χ4v) is 5.13. The molecule has 0 atom stereocenters. The molecule has 4 rings (SSSR count). The highest BCUT2D eigenvalue weighted by molar-refractivity contribution is 6.32. The Bertz CT molecular complexity index is 1430. The van der Waals surface area contributed by atoms with Crippen LogP contribution in [0.15, 0.2) is 97.1 Å². The average Bonchev–Trinajstić information content (AvgIpc) is 2.95. The Morgan fingerprint density at radius 2 is 1.55 bits per heavy atom. The predicted octanol–water partition coefficient (Wildman–Crippen LogP) is 7.63. The van der Waals surface area contributed by atoms with E-state index in [2.05, 4.69) is 0 Å². The molecule has 1 amide bonds. The molecule has 0 unspecified atom stereocenters. The Balaban J connectivity index is 1.54. The van der Waals surface area contributed by atoms with E-state index in [9.17, 15) is 18.0 Å². The second kappa shape index (κ2) is 14.3. The lowest BCUT2D eigenvalue weighted by atomic mass is 9.90. The lowest BCUT2D eigenvalue weighted by Crippen LogP contribution is -2.31. The summed E-state index contributed by atoms with van der Waals surface area (Å²) in [6.45, 7) is 1.10. The second-order valence-electron chi connectivity index (χ2n) is 10.00. The molecule has 0 aliphatic carbocycles. The summed E-state index contributed by atoms with van der Waals surface area (Å²) >= 11 is 6.31. The highest BCUT2D eigenvalue weighted by atomic mass is 35.5. The summed E-state index contributed by atoms with van der Waals surface area (Å²) in [7, 11) is 0. The van der Waals surface area contributed by atoms with Crippen LogP contribution in [-0.4, -0.2) is 30.5 Å². The maximum atomic E-state index is 15.1. The maximum Gasteiger partial charge on any atom is 0.419 e. The first-order chi connectivity index (χ1) is 20.1. The Hall–Kier alpha value is -3.88. The topological polar surface area (TPSA) is 55.6 Å². The van der Waals surface area contributed by atoms with E-state index in [1.807, 2.05) is 65.6 Å². The van der Waals surface area contributed by atoms with Crippen LogP contribution >= 0.6 is 11.6 Å². The van der Waals surface area contributed by atoms with E-state index in [1.54, 1.807) is 18.2 Å². The molecule has 0 fully saturated rings. The van der Waals surface area contributed by atoms with E-state index >= 15 is 4.39 Å². The molecule has 0 radical (unpaired) electrons. The molecule has 42 heavy (non-hydrogen) atoms. The molecule has 0 saturated heterocycles. The van der Waals surface area contributed by atoms with Crippen molar-refractivity contribution in [1.29, 1.82) is 0 Å². The molecular formula is C33H31ClF4N2O2. The van der Waals surface area contributed by atoms with Gasteiger partial charge in [-0.15, -0.1) is 0 Å². The van der Waals surface area contributed by atoms with Gasteiger partial charge in [0.15, 0.2) is 0 Å². The van der Waals surface area contributed by atoms with Gasteiger partial charge in [-0.3, -0.25) is 9.69 Å². The summed E-state index contributed by atoms with van der Waals surface area (Å²) in [5.41, 5.74) is 6.69. The number of nitrogens with zero attached hydrogens (tertiary/aromatic N) is 1. The molecule has 0 heterocycles. The third-order valence-electron chi connectivity index (χ3n) is 6.87. The van der Waals surface area contributed by atoms with Crippen molar-refractivity contribution in [2.45, 2.75) is 31.5 Å². The lowest BCUT2D eigenvalue weighted by Gasteiger charge is -2.29. The van der Waals surface area contributed by atoms with Crippen LogP contribution in [0, 0.1) is 5.82 Å². The molecule has 4 aromatic rings. The first-order valence-corrected chi connectivity index (χ1v) is 13.9. The number of primary amides is 1. The quantitative estimate of drug-likeness (QED) is 0.127. The Morgan fingerprint density at radius 3 is 2.12 bits per heavy atom. The number of nitrogens with two attached hydrogens (primary N) is 1. The Morgan fingerprint density at radius 1 is 0.905 bits per heavy atom. The standard InChI is InChI=1S/C33H31ClF4N2O2/c34-29-19-23(20-31(39)41)15-16-30(29)42-18-8-17-40(21-26-13-7-14-28(32(26)35)33(36,37)38)22-27(24-9-3-1-4-10-24)25-11-5-2-6-12-25/h1-7,9-16,19,27H,8,17-18,20-22H2,(H2,39,41). The van der Waals surface area contributed by atoms with Crippen LogP contribution in [0.3, 0.4) is 0 Å². The minimum atomic E-state index is -4.79. The van der Waals surface area contributed by atoms with Crippen LogP contribution in [0.4, 0.5) is 17.6 Å². The SMILES string of the molecule is NC(=O)Cc1ccc(OCCCN(Cc2cccc(C(F)(F)F)c2F)CC(c2ccccc2)c2ccccc2)c(Cl)c1. The largest absolute Gasteiger partial charge is 0.492 e. The van der Waals surface area contributed by atoms with E-state index in [4.69, 9.17) is 22.1 Å². The van der Waals surface area contributed by atoms with Crippen LogP contribution < -0.4 is 10.5 Å². The van der Waals surface area contributed by atoms with Crippen molar-refractivity contribution >= 4 is 17.5 Å². The molecular weight excluding hydrogens is 568 g/mol. The van der Waals surface area contributed by atoms with Gasteiger partial charge in [0.05, 0.1) is 23.6 Å². The third-order valence-corrected chi connectivity index (χ3v) is 7.17. The van der Waals surface area contributed by atoms with Crippen LogP contribution in [0.1, 0.15) is 40.2 Å². The Labute approximate surface area is 247 Å². The summed E-state index contributed by atoms with van der Waals surface area (Å²) in [5, 5.41) is 0.338. The molecule has 0 saturated carbocycles. The van der Waals surface area contributed by atoms with Gasteiger partial charge >= 0.3 is 6.18 Å². The van der Waals surface area contributed by atoms with Crippen molar-refractivity contribution in [2.24, 2.45) is 5.73 Å². The van der Waals surface area contributed by atoms with Gasteiger partial charge in [-0.2, -0.15) is 13.2 Å². The zero-order chi connectivity index (χ0) is 30.1. The van der Waals surface area contributed by atoms with Gasteiger partial charge in [0, 0.05) is 31.1 Å². The minimum absolute atomic E-state index is 0.0194. The molecule has 9 heteroatoms. The first kappa shape index (κ1) is 31.1. The lowest BCUT2D eigenvalue weighted by molar-refractivity contribution is -0.140. The van der Waals surface area contributed by atoms with Crippen molar-refractivity contribution < 1.29 is 27.1 Å². The molecule has 2 N–H and O–H groups in total. The summed E-state index contributed by atoms with van der Waals surface area (Å²) < 4.78 is 61.3. The van der Waals surface area contributed by atoms with Crippen molar-refractivity contribution in [3.8, 4) is 5.75 Å². The van der Waals surface area contributed by atoms with E-state index in [-0.39, 0.29) is 31.1 Å². The van der Waals surface area contributed by atoms with Gasteiger partial charge in [-0.05, 0) is 41.3 Å². The first-order valence-electron chi connectivity index (χ1n) is 13.5. The summed E-state index contributed by atoms with van der Waals surface area (Å²) in [4.78, 5) is 13.1. The van der Waals surface area contributed by atoms with Gasteiger partial charge in [0.1, 0.15) is 11.6 Å². The molecule has 0 bridgehead atoms. The third kappa shape index (κ3) is 8.57. The van der Waals surface area contributed by atoms with Crippen molar-refractivity contribution in [3.63, 3.8) is 0 Å². The van der Waals surface area contributed by atoms with Crippen molar-refractivity contribution in [3.05, 3.63) is 136 Å². The number of hydrogen-bond donors (Lipinski definition) is 1. The number of carbonyl (C=O) groups is 1. The maximum absolute atomic E-state index is 15.1. The summed E-state index contributed by atoms with van der Waals surface area (Å²) in [6.07, 6.45) is -4.23. The molecule has 0 aliphatic rings. The van der Waals surface area contributed by atoms with Gasteiger partial charge in [-0.1, -0.05) is 90.5 Å².